The Labute approximate surface area is 91.8 Å². The van der Waals surface area contributed by atoms with Crippen LogP contribution in [-0.2, 0) is 4.79 Å². The summed E-state index contributed by atoms with van der Waals surface area (Å²) < 4.78 is 0. The number of aliphatic hydroxyl groups excluding tert-OH is 1. The third-order valence-electron chi connectivity index (χ3n) is 3.04. The van der Waals surface area contributed by atoms with Gasteiger partial charge in [-0.3, -0.25) is 4.79 Å². The number of amides is 1. The number of likely N-dealkylation sites (tertiary alicyclic amines) is 1. The molecule has 1 rings (SSSR count). The number of hydrogen-bond donors (Lipinski definition) is 1. The molecule has 0 spiro atoms. The van der Waals surface area contributed by atoms with Gasteiger partial charge in [0.1, 0.15) is 0 Å². The third-order valence-corrected chi connectivity index (χ3v) is 3.04. The summed E-state index contributed by atoms with van der Waals surface area (Å²) in [4.78, 5) is 13.5. The Bertz CT molecular complexity index is 230. The lowest BCUT2D eigenvalue weighted by molar-refractivity contribution is -0.128. The SMILES string of the molecule is C=C(C)C(=O)N1CCC(CCCO)CC1. The van der Waals surface area contributed by atoms with Gasteiger partial charge >= 0.3 is 0 Å². The molecule has 3 nitrogen and oxygen atoms in total. The average Bonchev–Trinajstić information content (AvgIpc) is 2.26. The van der Waals surface area contributed by atoms with E-state index in [-0.39, 0.29) is 12.5 Å². The van der Waals surface area contributed by atoms with Crippen molar-refractivity contribution >= 4 is 5.91 Å². The van der Waals surface area contributed by atoms with E-state index in [1.807, 2.05) is 4.90 Å². The molecule has 1 fully saturated rings. The van der Waals surface area contributed by atoms with Crippen LogP contribution < -0.4 is 0 Å². The lowest BCUT2D eigenvalue weighted by Gasteiger charge is -2.32. The van der Waals surface area contributed by atoms with E-state index in [1.54, 1.807) is 6.92 Å². The minimum Gasteiger partial charge on any atom is -0.396 e. The number of nitrogens with zero attached hydrogens (tertiary/aromatic N) is 1. The molecule has 1 N–H and O–H groups in total. The summed E-state index contributed by atoms with van der Waals surface area (Å²) in [7, 11) is 0. The van der Waals surface area contributed by atoms with Gasteiger partial charge in [-0.15, -0.1) is 0 Å². The van der Waals surface area contributed by atoms with Crippen LogP contribution in [0.5, 0.6) is 0 Å². The zero-order valence-electron chi connectivity index (χ0n) is 9.54. The molecule has 0 aromatic rings. The lowest BCUT2D eigenvalue weighted by Crippen LogP contribution is -2.38. The van der Waals surface area contributed by atoms with Crippen LogP contribution in [0.4, 0.5) is 0 Å². The maximum absolute atomic E-state index is 11.6. The third kappa shape index (κ3) is 3.67. The summed E-state index contributed by atoms with van der Waals surface area (Å²) in [6, 6.07) is 0. The Hall–Kier alpha value is -0.830. The Morgan fingerprint density at radius 1 is 1.47 bits per heavy atom. The molecule has 1 aliphatic rings. The first-order valence-electron chi connectivity index (χ1n) is 5.70. The van der Waals surface area contributed by atoms with Crippen LogP contribution in [-0.4, -0.2) is 35.6 Å². The molecule has 3 heteroatoms. The second kappa shape index (κ2) is 5.91. The fourth-order valence-electron chi connectivity index (χ4n) is 2.07. The summed E-state index contributed by atoms with van der Waals surface area (Å²) >= 11 is 0. The Kier molecular flexibility index (Phi) is 4.82. The topological polar surface area (TPSA) is 40.5 Å². The normalized spacial score (nSPS) is 17.9. The summed E-state index contributed by atoms with van der Waals surface area (Å²) in [6.45, 7) is 7.42. The van der Waals surface area contributed by atoms with Gasteiger partial charge in [-0.2, -0.15) is 0 Å². The van der Waals surface area contributed by atoms with Crippen LogP contribution in [0.3, 0.4) is 0 Å². The molecule has 15 heavy (non-hydrogen) atoms. The van der Waals surface area contributed by atoms with Crippen molar-refractivity contribution in [1.82, 2.24) is 4.90 Å². The number of carbonyl (C=O) groups is 1. The van der Waals surface area contributed by atoms with Gasteiger partial charge in [0, 0.05) is 25.3 Å². The molecule has 0 radical (unpaired) electrons. The van der Waals surface area contributed by atoms with Crippen molar-refractivity contribution in [2.75, 3.05) is 19.7 Å². The monoisotopic (exact) mass is 211 g/mol. The van der Waals surface area contributed by atoms with E-state index in [1.165, 1.54) is 0 Å². The first-order chi connectivity index (χ1) is 7.15. The zero-order valence-corrected chi connectivity index (χ0v) is 9.54. The van der Waals surface area contributed by atoms with Gasteiger partial charge in [-0.25, -0.2) is 0 Å². The molecule has 0 saturated carbocycles. The highest BCUT2D eigenvalue weighted by Crippen LogP contribution is 2.22. The molecule has 1 heterocycles. The second-order valence-electron chi connectivity index (χ2n) is 4.38. The van der Waals surface area contributed by atoms with Crippen molar-refractivity contribution in [3.63, 3.8) is 0 Å². The van der Waals surface area contributed by atoms with Crippen molar-refractivity contribution in [3.05, 3.63) is 12.2 Å². The van der Waals surface area contributed by atoms with E-state index < -0.39 is 0 Å². The zero-order chi connectivity index (χ0) is 11.3. The standard InChI is InChI=1S/C12H21NO2/c1-10(2)12(15)13-7-5-11(6-8-13)4-3-9-14/h11,14H,1,3-9H2,2H3. The van der Waals surface area contributed by atoms with Gasteiger partial charge in [0.05, 0.1) is 0 Å². The van der Waals surface area contributed by atoms with Gasteiger partial charge in [-0.05, 0) is 38.5 Å². The Morgan fingerprint density at radius 2 is 2.07 bits per heavy atom. The highest BCUT2D eigenvalue weighted by molar-refractivity contribution is 5.92. The Balaban J connectivity index is 2.29. The summed E-state index contributed by atoms with van der Waals surface area (Å²) in [5.74, 6) is 0.780. The smallest absolute Gasteiger partial charge is 0.248 e. The lowest BCUT2D eigenvalue weighted by atomic mass is 9.92. The highest BCUT2D eigenvalue weighted by Gasteiger charge is 2.22. The largest absolute Gasteiger partial charge is 0.396 e. The minimum atomic E-state index is 0.0932. The number of piperidine rings is 1. The summed E-state index contributed by atoms with van der Waals surface area (Å²) in [5.41, 5.74) is 0.629. The molecule has 1 saturated heterocycles. The predicted molar refractivity (Wildman–Crippen MR) is 60.4 cm³/mol. The molecule has 1 aliphatic heterocycles. The van der Waals surface area contributed by atoms with E-state index >= 15 is 0 Å². The van der Waals surface area contributed by atoms with Crippen LogP contribution in [0.25, 0.3) is 0 Å². The number of aliphatic hydroxyl groups is 1. The van der Waals surface area contributed by atoms with Crippen LogP contribution in [0, 0.1) is 5.92 Å². The van der Waals surface area contributed by atoms with Crippen LogP contribution >= 0.6 is 0 Å². The number of carbonyl (C=O) groups excluding carboxylic acids is 1. The van der Waals surface area contributed by atoms with Crippen LogP contribution in [0.2, 0.25) is 0 Å². The fourth-order valence-corrected chi connectivity index (χ4v) is 2.07. The van der Waals surface area contributed by atoms with Gasteiger partial charge in [-0.1, -0.05) is 6.58 Å². The van der Waals surface area contributed by atoms with Crippen molar-refractivity contribution in [3.8, 4) is 0 Å². The summed E-state index contributed by atoms with van der Waals surface area (Å²) in [6.07, 6.45) is 4.11. The molecular formula is C12H21NO2. The van der Waals surface area contributed by atoms with Crippen molar-refractivity contribution in [1.29, 1.82) is 0 Å². The van der Waals surface area contributed by atoms with E-state index in [4.69, 9.17) is 5.11 Å². The molecule has 0 atom stereocenters. The maximum atomic E-state index is 11.6. The minimum absolute atomic E-state index is 0.0932. The predicted octanol–water partition coefficient (Wildman–Crippen LogP) is 1.57. The number of hydrogen-bond acceptors (Lipinski definition) is 2. The van der Waals surface area contributed by atoms with E-state index in [0.717, 1.165) is 38.8 Å². The van der Waals surface area contributed by atoms with Crippen LogP contribution in [0.15, 0.2) is 12.2 Å². The van der Waals surface area contributed by atoms with Gasteiger partial charge in [0.25, 0.3) is 0 Å². The Morgan fingerprint density at radius 3 is 2.53 bits per heavy atom. The van der Waals surface area contributed by atoms with Gasteiger partial charge < -0.3 is 10.0 Å². The van der Waals surface area contributed by atoms with E-state index in [2.05, 4.69) is 6.58 Å². The molecule has 0 aliphatic carbocycles. The molecule has 86 valence electrons. The van der Waals surface area contributed by atoms with Crippen molar-refractivity contribution < 1.29 is 9.90 Å². The maximum Gasteiger partial charge on any atom is 0.248 e. The van der Waals surface area contributed by atoms with E-state index in [9.17, 15) is 4.79 Å². The first-order valence-corrected chi connectivity index (χ1v) is 5.70. The summed E-state index contributed by atoms with van der Waals surface area (Å²) in [5, 5.41) is 8.73. The number of rotatable bonds is 4. The van der Waals surface area contributed by atoms with E-state index in [0.29, 0.717) is 11.5 Å². The fraction of sp³-hybridized carbons (Fsp3) is 0.750. The van der Waals surface area contributed by atoms with Crippen LogP contribution in [0.1, 0.15) is 32.6 Å². The molecule has 0 aromatic heterocycles. The van der Waals surface area contributed by atoms with Crippen molar-refractivity contribution in [2.24, 2.45) is 5.92 Å². The van der Waals surface area contributed by atoms with Gasteiger partial charge in [0.2, 0.25) is 5.91 Å². The molecule has 0 aromatic carbocycles. The molecule has 0 bridgehead atoms. The molecule has 1 amide bonds. The first kappa shape index (κ1) is 12.2. The van der Waals surface area contributed by atoms with Gasteiger partial charge in [0.15, 0.2) is 0 Å². The average molecular weight is 211 g/mol. The second-order valence-corrected chi connectivity index (χ2v) is 4.38. The highest BCUT2D eigenvalue weighted by atomic mass is 16.2. The molecular weight excluding hydrogens is 190 g/mol. The quantitative estimate of drug-likeness (QED) is 0.717. The van der Waals surface area contributed by atoms with Crippen molar-refractivity contribution in [2.45, 2.75) is 32.6 Å². The molecule has 0 unspecified atom stereocenters.